The number of amides is 2. The number of H-pyrrole nitrogens is 1. The number of hydrogen-bond donors (Lipinski definition) is 2. The van der Waals surface area contributed by atoms with Crippen LogP contribution in [0, 0.1) is 0 Å². The highest BCUT2D eigenvalue weighted by atomic mass is 32.1. The summed E-state index contributed by atoms with van der Waals surface area (Å²) in [6, 6.07) is 3.70. The van der Waals surface area contributed by atoms with E-state index in [-0.39, 0.29) is 23.4 Å². The third-order valence-electron chi connectivity index (χ3n) is 4.44. The second-order valence-electron chi connectivity index (χ2n) is 5.97. The number of thiophene rings is 1. The molecule has 122 valence electrons. The van der Waals surface area contributed by atoms with Gasteiger partial charge in [-0.3, -0.25) is 14.7 Å². The Morgan fingerprint density at radius 3 is 3.00 bits per heavy atom. The van der Waals surface area contributed by atoms with Crippen molar-refractivity contribution in [1.82, 2.24) is 15.1 Å². The van der Waals surface area contributed by atoms with Gasteiger partial charge < -0.3 is 10.6 Å². The fraction of sp³-hybridized carbons (Fsp3) is 0.438. The topological polar surface area (TPSA) is 92.1 Å². The minimum Gasteiger partial charge on any atom is -0.364 e. The molecule has 0 aliphatic carbocycles. The molecule has 0 bridgehead atoms. The second-order valence-corrected chi connectivity index (χ2v) is 6.75. The Morgan fingerprint density at radius 1 is 1.52 bits per heavy atom. The molecule has 1 aliphatic rings. The van der Waals surface area contributed by atoms with Gasteiger partial charge in [0.15, 0.2) is 0 Å². The van der Waals surface area contributed by atoms with Gasteiger partial charge in [-0.25, -0.2) is 0 Å². The maximum absolute atomic E-state index is 12.7. The smallest absolute Gasteiger partial charge is 0.269 e. The Hall–Kier alpha value is -2.15. The van der Waals surface area contributed by atoms with Crippen LogP contribution in [0.5, 0.6) is 0 Å². The number of aromatic nitrogens is 2. The zero-order valence-corrected chi connectivity index (χ0v) is 13.8. The summed E-state index contributed by atoms with van der Waals surface area (Å²) in [7, 11) is 0. The minimum absolute atomic E-state index is 0.122. The number of hydrogen-bond acceptors (Lipinski definition) is 4. The molecule has 23 heavy (non-hydrogen) atoms. The maximum atomic E-state index is 12.7. The highest BCUT2D eigenvalue weighted by Gasteiger charge is 2.29. The number of aromatic amines is 1. The van der Waals surface area contributed by atoms with E-state index in [1.165, 1.54) is 0 Å². The van der Waals surface area contributed by atoms with Crippen molar-refractivity contribution >= 4 is 23.2 Å². The van der Waals surface area contributed by atoms with Gasteiger partial charge in [-0.2, -0.15) is 16.4 Å². The van der Waals surface area contributed by atoms with E-state index in [9.17, 15) is 9.59 Å². The van der Waals surface area contributed by atoms with Crippen molar-refractivity contribution < 1.29 is 9.59 Å². The number of nitrogens with two attached hydrogens (primary N) is 1. The first-order valence-corrected chi connectivity index (χ1v) is 8.66. The number of likely N-dealkylation sites (tertiary alicyclic amines) is 1. The van der Waals surface area contributed by atoms with Crippen molar-refractivity contribution in [3.63, 3.8) is 0 Å². The summed E-state index contributed by atoms with van der Waals surface area (Å²) in [5, 5.41) is 10.8. The van der Waals surface area contributed by atoms with Gasteiger partial charge in [0.1, 0.15) is 5.69 Å². The van der Waals surface area contributed by atoms with Crippen LogP contribution in [0.4, 0.5) is 0 Å². The molecule has 7 heteroatoms. The van der Waals surface area contributed by atoms with E-state index < -0.39 is 5.91 Å². The Morgan fingerprint density at radius 2 is 2.35 bits per heavy atom. The number of primary amides is 1. The molecule has 6 nitrogen and oxygen atoms in total. The molecule has 2 atom stereocenters. The van der Waals surface area contributed by atoms with Crippen molar-refractivity contribution in [1.29, 1.82) is 0 Å². The van der Waals surface area contributed by atoms with Crippen LogP contribution in [0.25, 0.3) is 0 Å². The Balaban J connectivity index is 1.70. The quantitative estimate of drug-likeness (QED) is 0.898. The highest BCUT2D eigenvalue weighted by molar-refractivity contribution is 7.08. The van der Waals surface area contributed by atoms with E-state index in [2.05, 4.69) is 10.2 Å². The molecular formula is C16H20N4O2S. The molecule has 1 saturated heterocycles. The molecule has 0 saturated carbocycles. The van der Waals surface area contributed by atoms with Crippen LogP contribution >= 0.6 is 11.3 Å². The summed E-state index contributed by atoms with van der Waals surface area (Å²) >= 11 is 1.61. The lowest BCUT2D eigenvalue weighted by atomic mass is 9.93. The predicted molar refractivity (Wildman–Crippen MR) is 88.4 cm³/mol. The zero-order valence-electron chi connectivity index (χ0n) is 13.0. The van der Waals surface area contributed by atoms with Crippen molar-refractivity contribution in [3.8, 4) is 0 Å². The number of piperidine rings is 1. The van der Waals surface area contributed by atoms with Gasteiger partial charge in [-0.15, -0.1) is 0 Å². The highest BCUT2D eigenvalue weighted by Crippen LogP contribution is 2.29. The standard InChI is InChI=1S/C16H20N4O2S/c1-10(12-4-6-23-9-12)16(22)20-5-2-3-11(8-20)13-7-14(15(17)21)19-18-13/h4,6-7,9-11H,2-3,5,8H2,1H3,(H2,17,21)(H,18,19)/t10-,11+/m1/s1. The van der Waals surface area contributed by atoms with Gasteiger partial charge in [0.05, 0.1) is 5.92 Å². The molecule has 3 heterocycles. The van der Waals surface area contributed by atoms with Crippen molar-refractivity contribution in [2.24, 2.45) is 5.73 Å². The largest absolute Gasteiger partial charge is 0.364 e. The van der Waals surface area contributed by atoms with Gasteiger partial charge in [0, 0.05) is 24.7 Å². The summed E-state index contributed by atoms with van der Waals surface area (Å²) in [6.07, 6.45) is 1.91. The molecule has 1 fully saturated rings. The average molecular weight is 332 g/mol. The molecule has 2 amide bonds. The van der Waals surface area contributed by atoms with Crippen molar-refractivity contribution in [2.45, 2.75) is 31.6 Å². The summed E-state index contributed by atoms with van der Waals surface area (Å²) in [5.74, 6) is -0.337. The van der Waals surface area contributed by atoms with Crippen LogP contribution in [0.15, 0.2) is 22.9 Å². The third-order valence-corrected chi connectivity index (χ3v) is 5.14. The first kappa shape index (κ1) is 15.7. The molecule has 3 N–H and O–H groups in total. The SMILES string of the molecule is C[C@@H](C(=O)N1CCC[C@H](c2cc(C(N)=O)n[nH]2)C1)c1ccsc1. The first-order chi connectivity index (χ1) is 11.1. The van der Waals surface area contributed by atoms with Crippen molar-refractivity contribution in [3.05, 3.63) is 39.8 Å². The Kier molecular flexibility index (Phi) is 4.47. The van der Waals surface area contributed by atoms with Crippen LogP contribution in [0.3, 0.4) is 0 Å². The molecular weight excluding hydrogens is 312 g/mol. The number of carbonyl (C=O) groups is 2. The van der Waals surface area contributed by atoms with E-state index in [4.69, 9.17) is 5.73 Å². The third kappa shape index (κ3) is 3.29. The van der Waals surface area contributed by atoms with Gasteiger partial charge in [-0.1, -0.05) is 0 Å². The van der Waals surface area contributed by atoms with E-state index in [0.717, 1.165) is 30.6 Å². The zero-order chi connectivity index (χ0) is 16.4. The van der Waals surface area contributed by atoms with Gasteiger partial charge in [0.2, 0.25) is 5.91 Å². The van der Waals surface area contributed by atoms with Crippen LogP contribution in [0.2, 0.25) is 0 Å². The van der Waals surface area contributed by atoms with E-state index >= 15 is 0 Å². The molecule has 0 spiro atoms. The fourth-order valence-corrected chi connectivity index (χ4v) is 3.80. The molecule has 0 unspecified atom stereocenters. The lowest BCUT2D eigenvalue weighted by Crippen LogP contribution is -2.41. The number of rotatable bonds is 4. The van der Waals surface area contributed by atoms with Crippen LogP contribution in [-0.4, -0.2) is 40.0 Å². The van der Waals surface area contributed by atoms with Gasteiger partial charge in [0.25, 0.3) is 5.91 Å². The van der Waals surface area contributed by atoms with Crippen molar-refractivity contribution in [2.75, 3.05) is 13.1 Å². The summed E-state index contributed by atoms with van der Waals surface area (Å²) in [5.41, 5.74) is 7.43. The maximum Gasteiger partial charge on any atom is 0.269 e. The van der Waals surface area contributed by atoms with Crippen LogP contribution in [0.1, 0.15) is 53.3 Å². The predicted octanol–water partition coefficient (Wildman–Crippen LogP) is 2.08. The monoisotopic (exact) mass is 332 g/mol. The minimum atomic E-state index is -0.540. The van der Waals surface area contributed by atoms with Crippen LogP contribution < -0.4 is 5.73 Å². The van der Waals surface area contributed by atoms with E-state index in [0.29, 0.717) is 6.54 Å². The fourth-order valence-electron chi connectivity index (χ4n) is 3.04. The summed E-state index contributed by atoms with van der Waals surface area (Å²) < 4.78 is 0. The Bertz CT molecular complexity index is 695. The van der Waals surface area contributed by atoms with E-state index in [1.54, 1.807) is 17.4 Å². The second kappa shape index (κ2) is 6.54. The summed E-state index contributed by atoms with van der Waals surface area (Å²) in [4.78, 5) is 25.8. The lowest BCUT2D eigenvalue weighted by molar-refractivity contribution is -0.133. The van der Waals surface area contributed by atoms with Crippen LogP contribution in [-0.2, 0) is 4.79 Å². The molecule has 2 aromatic heterocycles. The molecule has 0 radical (unpaired) electrons. The Labute approximate surface area is 138 Å². The molecule has 1 aliphatic heterocycles. The lowest BCUT2D eigenvalue weighted by Gasteiger charge is -2.33. The summed E-state index contributed by atoms with van der Waals surface area (Å²) in [6.45, 7) is 3.38. The first-order valence-electron chi connectivity index (χ1n) is 7.72. The van der Waals surface area contributed by atoms with E-state index in [1.807, 2.05) is 28.7 Å². The van der Waals surface area contributed by atoms with Gasteiger partial charge >= 0.3 is 0 Å². The molecule has 2 aromatic rings. The average Bonchev–Trinajstić information content (AvgIpc) is 3.25. The molecule has 0 aromatic carbocycles. The number of nitrogens with zero attached hydrogens (tertiary/aromatic N) is 2. The normalized spacial score (nSPS) is 19.5. The van der Waals surface area contributed by atoms with Gasteiger partial charge in [-0.05, 0) is 48.2 Å². The number of nitrogens with one attached hydrogen (secondary N) is 1. The molecule has 3 rings (SSSR count). The number of carbonyl (C=O) groups excluding carboxylic acids is 2.